The first-order chi connectivity index (χ1) is 16.8. The van der Waals surface area contributed by atoms with Crippen molar-refractivity contribution in [2.24, 2.45) is 0 Å². The van der Waals surface area contributed by atoms with Crippen LogP contribution in [0.25, 0.3) is 0 Å². The molecule has 0 radical (unpaired) electrons. The van der Waals surface area contributed by atoms with E-state index >= 15 is 0 Å². The van der Waals surface area contributed by atoms with Crippen molar-refractivity contribution in [2.45, 2.75) is 52.0 Å². The van der Waals surface area contributed by atoms with Gasteiger partial charge in [-0.3, -0.25) is 13.9 Å². The van der Waals surface area contributed by atoms with E-state index in [-0.39, 0.29) is 22.3 Å². The van der Waals surface area contributed by atoms with Crippen molar-refractivity contribution in [3.63, 3.8) is 0 Å². The Kier molecular flexibility index (Phi) is 9.54. The van der Waals surface area contributed by atoms with E-state index in [1.165, 1.54) is 19.1 Å². The van der Waals surface area contributed by atoms with Gasteiger partial charge in [0.25, 0.3) is 0 Å². The molecule has 2 aromatic carbocycles. The minimum atomic E-state index is -4.72. The number of carbonyl (C=O) groups excluding carboxylic acids is 2. The Morgan fingerprint density at radius 1 is 1.03 bits per heavy atom. The zero-order chi connectivity index (χ0) is 28.3. The van der Waals surface area contributed by atoms with Crippen LogP contribution in [0.2, 0.25) is 10.0 Å². The van der Waals surface area contributed by atoms with E-state index in [4.69, 9.17) is 23.2 Å². The molecule has 204 valence electrons. The Morgan fingerprint density at radius 2 is 1.65 bits per heavy atom. The second kappa shape index (κ2) is 11.5. The fourth-order valence-corrected chi connectivity index (χ4v) is 4.50. The van der Waals surface area contributed by atoms with Crippen LogP contribution in [0.1, 0.15) is 38.8 Å². The first kappa shape index (κ1) is 30.7. The van der Waals surface area contributed by atoms with Crippen LogP contribution in [0.15, 0.2) is 42.5 Å². The molecule has 0 fully saturated rings. The van der Waals surface area contributed by atoms with Gasteiger partial charge >= 0.3 is 6.18 Å². The molecule has 13 heteroatoms. The third-order valence-electron chi connectivity index (χ3n) is 5.14. The van der Waals surface area contributed by atoms with Crippen molar-refractivity contribution in [1.82, 2.24) is 10.2 Å². The predicted octanol–water partition coefficient (Wildman–Crippen LogP) is 5.11. The highest BCUT2D eigenvalue weighted by atomic mass is 35.5. The Bertz CT molecular complexity index is 1260. The van der Waals surface area contributed by atoms with E-state index in [2.05, 4.69) is 5.32 Å². The standard InChI is InChI=1S/C24H28Cl2F3N3O4S/c1-15(22(34)30-23(2,3)4)31(13-16-9-10-19(25)20(26)11-16)21(33)14-32(37(5,35)36)18-8-6-7-17(12-18)24(27,28)29/h6-12,15H,13-14H2,1-5H3,(H,30,34). The number of nitrogens with zero attached hydrogens (tertiary/aromatic N) is 2. The quantitative estimate of drug-likeness (QED) is 0.469. The van der Waals surface area contributed by atoms with Crippen LogP contribution >= 0.6 is 23.2 Å². The molecule has 0 spiro atoms. The van der Waals surface area contributed by atoms with Gasteiger partial charge in [0.15, 0.2) is 0 Å². The van der Waals surface area contributed by atoms with Gasteiger partial charge in [-0.15, -0.1) is 0 Å². The third kappa shape index (κ3) is 8.79. The molecule has 0 saturated carbocycles. The molecule has 7 nitrogen and oxygen atoms in total. The predicted molar refractivity (Wildman–Crippen MR) is 138 cm³/mol. The third-order valence-corrected chi connectivity index (χ3v) is 7.02. The fourth-order valence-electron chi connectivity index (χ4n) is 3.34. The molecule has 0 aliphatic rings. The number of benzene rings is 2. The van der Waals surface area contributed by atoms with Gasteiger partial charge in [0, 0.05) is 12.1 Å². The van der Waals surface area contributed by atoms with Gasteiger partial charge in [0.05, 0.1) is 27.6 Å². The van der Waals surface area contributed by atoms with E-state index in [1.807, 2.05) is 0 Å². The van der Waals surface area contributed by atoms with Crippen molar-refractivity contribution < 1.29 is 31.2 Å². The molecule has 37 heavy (non-hydrogen) atoms. The van der Waals surface area contributed by atoms with Gasteiger partial charge in [-0.05, 0) is 63.6 Å². The minimum Gasteiger partial charge on any atom is -0.350 e. The smallest absolute Gasteiger partial charge is 0.350 e. The highest BCUT2D eigenvalue weighted by Gasteiger charge is 2.34. The molecule has 2 rings (SSSR count). The molecule has 1 unspecified atom stereocenters. The number of sulfonamides is 1. The number of halogens is 5. The van der Waals surface area contributed by atoms with Crippen molar-refractivity contribution in [2.75, 3.05) is 17.1 Å². The minimum absolute atomic E-state index is 0.144. The molecular formula is C24H28Cl2F3N3O4S. The topological polar surface area (TPSA) is 86.8 Å². The van der Waals surface area contributed by atoms with E-state index in [0.29, 0.717) is 15.9 Å². The van der Waals surface area contributed by atoms with Crippen LogP contribution in [-0.4, -0.2) is 49.5 Å². The molecule has 0 aromatic heterocycles. The summed E-state index contributed by atoms with van der Waals surface area (Å²) in [7, 11) is -4.19. The second-order valence-electron chi connectivity index (χ2n) is 9.50. The van der Waals surface area contributed by atoms with Crippen LogP contribution in [-0.2, 0) is 32.3 Å². The molecule has 1 atom stereocenters. The summed E-state index contributed by atoms with van der Waals surface area (Å²) in [4.78, 5) is 27.5. The summed E-state index contributed by atoms with van der Waals surface area (Å²) in [6.07, 6.45) is -3.94. The van der Waals surface area contributed by atoms with Crippen LogP contribution in [0.3, 0.4) is 0 Å². The first-order valence-electron chi connectivity index (χ1n) is 11.0. The molecular weight excluding hydrogens is 554 g/mol. The molecule has 0 bridgehead atoms. The van der Waals surface area contributed by atoms with E-state index in [0.717, 1.165) is 29.4 Å². The molecule has 2 amide bonds. The second-order valence-corrected chi connectivity index (χ2v) is 12.2. The summed E-state index contributed by atoms with van der Waals surface area (Å²) < 4.78 is 65.4. The van der Waals surface area contributed by atoms with Crippen molar-refractivity contribution in [1.29, 1.82) is 0 Å². The van der Waals surface area contributed by atoms with Crippen LogP contribution in [0.5, 0.6) is 0 Å². The summed E-state index contributed by atoms with van der Waals surface area (Å²) in [6.45, 7) is 5.74. The lowest BCUT2D eigenvalue weighted by molar-refractivity contribution is -0.140. The molecule has 0 saturated heterocycles. The SMILES string of the molecule is CC(C(=O)NC(C)(C)C)N(Cc1ccc(Cl)c(Cl)c1)C(=O)CN(c1cccc(C(F)(F)F)c1)S(C)(=O)=O. The summed E-state index contributed by atoms with van der Waals surface area (Å²) >= 11 is 12.1. The Labute approximate surface area is 224 Å². The lowest BCUT2D eigenvalue weighted by Crippen LogP contribution is -2.54. The normalized spacial score (nSPS) is 13.1. The summed E-state index contributed by atoms with van der Waals surface area (Å²) in [6, 6.07) is 7.17. The largest absolute Gasteiger partial charge is 0.416 e. The van der Waals surface area contributed by atoms with Crippen LogP contribution in [0.4, 0.5) is 18.9 Å². The van der Waals surface area contributed by atoms with Gasteiger partial charge in [0.2, 0.25) is 21.8 Å². The lowest BCUT2D eigenvalue weighted by Gasteiger charge is -2.33. The Morgan fingerprint density at radius 3 is 2.16 bits per heavy atom. The number of anilines is 1. The van der Waals surface area contributed by atoms with Gasteiger partial charge in [-0.25, -0.2) is 8.42 Å². The molecule has 0 aliphatic heterocycles. The number of alkyl halides is 3. The van der Waals surface area contributed by atoms with Gasteiger partial charge in [-0.1, -0.05) is 35.3 Å². The molecule has 1 N–H and O–H groups in total. The number of rotatable bonds is 8. The Hall–Kier alpha value is -2.50. The van der Waals surface area contributed by atoms with E-state index < -0.39 is 51.7 Å². The lowest BCUT2D eigenvalue weighted by atomic mass is 10.1. The maximum Gasteiger partial charge on any atom is 0.416 e. The Balaban J connectivity index is 2.48. The number of carbonyl (C=O) groups is 2. The van der Waals surface area contributed by atoms with Crippen LogP contribution < -0.4 is 9.62 Å². The van der Waals surface area contributed by atoms with Gasteiger partial charge in [0.1, 0.15) is 12.6 Å². The monoisotopic (exact) mass is 581 g/mol. The zero-order valence-corrected chi connectivity index (χ0v) is 23.2. The van der Waals surface area contributed by atoms with E-state index in [1.54, 1.807) is 26.8 Å². The molecule has 2 aromatic rings. The number of amides is 2. The van der Waals surface area contributed by atoms with Crippen molar-refractivity contribution in [3.05, 3.63) is 63.6 Å². The highest BCUT2D eigenvalue weighted by Crippen LogP contribution is 2.32. The number of hydrogen-bond acceptors (Lipinski definition) is 4. The van der Waals surface area contributed by atoms with Gasteiger partial charge in [-0.2, -0.15) is 13.2 Å². The zero-order valence-electron chi connectivity index (χ0n) is 20.9. The average molecular weight is 582 g/mol. The first-order valence-corrected chi connectivity index (χ1v) is 13.6. The molecule has 0 aliphatic carbocycles. The highest BCUT2D eigenvalue weighted by molar-refractivity contribution is 7.92. The number of hydrogen-bond donors (Lipinski definition) is 1. The maximum atomic E-state index is 13.5. The summed E-state index contributed by atoms with van der Waals surface area (Å²) in [5.74, 6) is -1.32. The van der Waals surface area contributed by atoms with E-state index in [9.17, 15) is 31.2 Å². The summed E-state index contributed by atoms with van der Waals surface area (Å²) in [5.41, 5.74) is -1.53. The van der Waals surface area contributed by atoms with Crippen molar-refractivity contribution >= 4 is 50.7 Å². The fraction of sp³-hybridized carbons (Fsp3) is 0.417. The molecule has 0 heterocycles. The average Bonchev–Trinajstić information content (AvgIpc) is 2.75. The van der Waals surface area contributed by atoms with Crippen molar-refractivity contribution in [3.8, 4) is 0 Å². The van der Waals surface area contributed by atoms with Gasteiger partial charge < -0.3 is 10.2 Å². The van der Waals surface area contributed by atoms with Crippen LogP contribution in [0, 0.1) is 0 Å². The number of nitrogens with one attached hydrogen (secondary N) is 1. The summed E-state index contributed by atoms with van der Waals surface area (Å²) in [5, 5.41) is 3.24. The maximum absolute atomic E-state index is 13.5.